The van der Waals surface area contributed by atoms with Crippen molar-refractivity contribution in [3.05, 3.63) is 77.0 Å². The number of hydrogen-bond donors (Lipinski definition) is 1. The van der Waals surface area contributed by atoms with Crippen LogP contribution in [0.1, 0.15) is 40.9 Å². The van der Waals surface area contributed by atoms with Crippen LogP contribution in [0.25, 0.3) is 10.9 Å². The number of hydrogen-bond acceptors (Lipinski definition) is 3. The van der Waals surface area contributed by atoms with Gasteiger partial charge in [0.2, 0.25) is 0 Å². The van der Waals surface area contributed by atoms with E-state index in [0.29, 0.717) is 12.0 Å². The minimum Gasteiger partial charge on any atom is -0.478 e. The first-order valence-electron chi connectivity index (χ1n) is 8.25. The van der Waals surface area contributed by atoms with E-state index in [2.05, 4.69) is 11.1 Å². The maximum absolute atomic E-state index is 11.6. The van der Waals surface area contributed by atoms with Crippen LogP contribution in [0.3, 0.4) is 0 Å². The van der Waals surface area contributed by atoms with E-state index in [0.717, 1.165) is 33.3 Å². The van der Waals surface area contributed by atoms with Gasteiger partial charge in [-0.25, -0.2) is 4.79 Å². The topological polar surface area (TPSA) is 62.5 Å². The van der Waals surface area contributed by atoms with Gasteiger partial charge in [-0.3, -0.25) is 9.98 Å². The molecule has 0 fully saturated rings. The fourth-order valence-corrected chi connectivity index (χ4v) is 3.46. The van der Waals surface area contributed by atoms with E-state index in [9.17, 15) is 9.90 Å². The van der Waals surface area contributed by atoms with Crippen LogP contribution in [-0.2, 0) is 6.42 Å². The molecule has 0 amide bonds. The maximum Gasteiger partial charge on any atom is 0.335 e. The number of aromatic nitrogens is 1. The van der Waals surface area contributed by atoms with Gasteiger partial charge in [0.25, 0.3) is 0 Å². The molecule has 0 unspecified atom stereocenters. The fourth-order valence-electron chi connectivity index (χ4n) is 3.46. The van der Waals surface area contributed by atoms with Gasteiger partial charge in [0, 0.05) is 22.7 Å². The normalized spacial score (nSPS) is 15.5. The number of carboxylic acids is 1. The molecule has 4 heteroatoms. The van der Waals surface area contributed by atoms with Crippen molar-refractivity contribution < 1.29 is 9.90 Å². The highest BCUT2D eigenvalue weighted by atomic mass is 16.4. The van der Waals surface area contributed by atoms with Crippen LogP contribution in [0.4, 0.5) is 0 Å². The van der Waals surface area contributed by atoms with Crippen molar-refractivity contribution in [2.45, 2.75) is 25.8 Å². The first-order chi connectivity index (χ1) is 11.9. The molecule has 25 heavy (non-hydrogen) atoms. The number of carboxylic acid groups (broad SMARTS) is 1. The van der Waals surface area contributed by atoms with Crippen molar-refractivity contribution in [2.75, 3.05) is 0 Å². The largest absolute Gasteiger partial charge is 0.478 e. The van der Waals surface area contributed by atoms with Crippen molar-refractivity contribution in [3.63, 3.8) is 0 Å². The number of pyridine rings is 1. The summed E-state index contributed by atoms with van der Waals surface area (Å²) in [5, 5.41) is 10.6. The molecule has 0 saturated carbocycles. The first kappa shape index (κ1) is 15.5. The summed E-state index contributed by atoms with van der Waals surface area (Å²) in [6.45, 7) is 4.06. The molecule has 0 bridgehead atoms. The van der Waals surface area contributed by atoms with Gasteiger partial charge in [-0.05, 0) is 44.0 Å². The van der Waals surface area contributed by atoms with Gasteiger partial charge in [-0.15, -0.1) is 0 Å². The van der Waals surface area contributed by atoms with E-state index < -0.39 is 5.97 Å². The molecule has 0 atom stereocenters. The SMILES string of the molecule is CC1(C)Cc2c(C(=O)O)cccc2C(c2cnc3ccccc3c2)=N1. The smallest absolute Gasteiger partial charge is 0.335 e. The average Bonchev–Trinajstić information content (AvgIpc) is 2.59. The third-order valence-corrected chi connectivity index (χ3v) is 4.55. The number of aromatic carboxylic acids is 1. The molecule has 2 aromatic carbocycles. The number of fused-ring (bicyclic) bond motifs is 2. The molecule has 124 valence electrons. The highest BCUT2D eigenvalue weighted by molar-refractivity contribution is 6.16. The van der Waals surface area contributed by atoms with Crippen LogP contribution in [0.2, 0.25) is 0 Å². The van der Waals surface area contributed by atoms with Gasteiger partial charge >= 0.3 is 5.97 Å². The first-order valence-corrected chi connectivity index (χ1v) is 8.25. The van der Waals surface area contributed by atoms with Gasteiger partial charge in [0.05, 0.1) is 22.3 Å². The highest BCUT2D eigenvalue weighted by Crippen LogP contribution is 2.32. The Morgan fingerprint density at radius 1 is 1.12 bits per heavy atom. The second kappa shape index (κ2) is 5.52. The molecule has 1 aromatic heterocycles. The zero-order valence-electron chi connectivity index (χ0n) is 14.2. The summed E-state index contributed by atoms with van der Waals surface area (Å²) < 4.78 is 0. The van der Waals surface area contributed by atoms with Crippen molar-refractivity contribution >= 4 is 22.6 Å². The molecular weight excluding hydrogens is 312 g/mol. The van der Waals surface area contributed by atoms with Crippen molar-refractivity contribution in [2.24, 2.45) is 4.99 Å². The Labute approximate surface area is 145 Å². The Balaban J connectivity index is 1.95. The van der Waals surface area contributed by atoms with Gasteiger partial charge in [0.15, 0.2) is 0 Å². The molecule has 2 heterocycles. The summed E-state index contributed by atoms with van der Waals surface area (Å²) in [5.41, 5.74) is 4.38. The molecule has 4 nitrogen and oxygen atoms in total. The van der Waals surface area contributed by atoms with Gasteiger partial charge in [0.1, 0.15) is 0 Å². The second-order valence-electron chi connectivity index (χ2n) is 7.00. The second-order valence-corrected chi connectivity index (χ2v) is 7.00. The zero-order chi connectivity index (χ0) is 17.6. The Morgan fingerprint density at radius 3 is 2.72 bits per heavy atom. The summed E-state index contributed by atoms with van der Waals surface area (Å²) >= 11 is 0. The van der Waals surface area contributed by atoms with E-state index in [1.165, 1.54) is 0 Å². The number of rotatable bonds is 2. The lowest BCUT2D eigenvalue weighted by Gasteiger charge is -2.30. The monoisotopic (exact) mass is 330 g/mol. The van der Waals surface area contributed by atoms with Crippen molar-refractivity contribution in [1.29, 1.82) is 0 Å². The van der Waals surface area contributed by atoms with Gasteiger partial charge < -0.3 is 5.11 Å². The lowest BCUT2D eigenvalue weighted by atomic mass is 9.82. The van der Waals surface area contributed by atoms with Crippen molar-refractivity contribution in [1.82, 2.24) is 4.98 Å². The minimum absolute atomic E-state index is 0.353. The van der Waals surface area contributed by atoms with Crippen molar-refractivity contribution in [3.8, 4) is 0 Å². The van der Waals surface area contributed by atoms with Crippen LogP contribution in [0.15, 0.2) is 59.7 Å². The zero-order valence-corrected chi connectivity index (χ0v) is 14.2. The Kier molecular flexibility index (Phi) is 3.42. The standard InChI is InChI=1S/C21H18N2O2/c1-21(2)11-17-15(7-5-8-16(17)20(24)25)19(23-21)14-10-13-6-3-4-9-18(13)22-12-14/h3-10,12H,11H2,1-2H3,(H,24,25). The molecule has 1 aliphatic heterocycles. The van der Waals surface area contributed by atoms with Gasteiger partial charge in [-0.2, -0.15) is 0 Å². The molecule has 3 aromatic rings. The van der Waals surface area contributed by atoms with E-state index >= 15 is 0 Å². The number of aliphatic imine (C=N–C) groups is 1. The lowest BCUT2D eigenvalue weighted by Crippen LogP contribution is -2.31. The van der Waals surface area contributed by atoms with E-state index in [4.69, 9.17) is 4.99 Å². The van der Waals surface area contributed by atoms with Crippen LogP contribution >= 0.6 is 0 Å². The Hall–Kier alpha value is -3.01. The summed E-state index contributed by atoms with van der Waals surface area (Å²) in [7, 11) is 0. The molecule has 1 aliphatic rings. The molecular formula is C21H18N2O2. The molecule has 0 radical (unpaired) electrons. The Morgan fingerprint density at radius 2 is 1.92 bits per heavy atom. The lowest BCUT2D eigenvalue weighted by molar-refractivity contribution is 0.0695. The van der Waals surface area contributed by atoms with E-state index in [1.54, 1.807) is 12.1 Å². The van der Waals surface area contributed by atoms with Crippen LogP contribution in [0, 0.1) is 0 Å². The fraction of sp³-hybridized carbons (Fsp3) is 0.190. The third-order valence-electron chi connectivity index (χ3n) is 4.55. The number of nitrogens with zero attached hydrogens (tertiary/aromatic N) is 2. The molecule has 0 aliphatic carbocycles. The minimum atomic E-state index is -0.898. The summed E-state index contributed by atoms with van der Waals surface area (Å²) in [6, 6.07) is 15.4. The predicted octanol–water partition coefficient (Wildman–Crippen LogP) is 4.11. The van der Waals surface area contributed by atoms with E-state index in [1.807, 2.05) is 50.4 Å². The van der Waals surface area contributed by atoms with Gasteiger partial charge in [-0.1, -0.05) is 30.3 Å². The Bertz CT molecular complexity index is 1040. The van der Waals surface area contributed by atoms with Crippen LogP contribution < -0.4 is 0 Å². The summed E-state index contributed by atoms with van der Waals surface area (Å²) in [5.74, 6) is -0.898. The third kappa shape index (κ3) is 2.70. The predicted molar refractivity (Wildman–Crippen MR) is 98.6 cm³/mol. The van der Waals surface area contributed by atoms with Crippen LogP contribution in [0.5, 0.6) is 0 Å². The molecule has 0 spiro atoms. The molecule has 4 rings (SSSR count). The number of para-hydroxylation sites is 1. The number of benzene rings is 2. The molecule has 1 N–H and O–H groups in total. The average molecular weight is 330 g/mol. The summed E-state index contributed by atoms with van der Waals surface area (Å²) in [4.78, 5) is 21.1. The number of carbonyl (C=O) groups is 1. The maximum atomic E-state index is 11.6. The van der Waals surface area contributed by atoms with Crippen LogP contribution in [-0.4, -0.2) is 27.3 Å². The molecule has 0 saturated heterocycles. The summed E-state index contributed by atoms with van der Waals surface area (Å²) in [6.07, 6.45) is 2.43. The highest BCUT2D eigenvalue weighted by Gasteiger charge is 2.30. The van der Waals surface area contributed by atoms with E-state index in [-0.39, 0.29) is 5.54 Å². The quantitative estimate of drug-likeness (QED) is 0.769.